The molecule has 13 heavy (non-hydrogen) atoms. The van der Waals surface area contributed by atoms with Gasteiger partial charge in [-0.25, -0.2) is 0 Å². The molecule has 78 valence electrons. The molecule has 0 N–H and O–H groups in total. The van der Waals surface area contributed by atoms with Gasteiger partial charge in [-0.1, -0.05) is 57.8 Å². The van der Waals surface area contributed by atoms with E-state index in [4.69, 9.17) is 22.2 Å². The molecule has 1 saturated carbocycles. The van der Waals surface area contributed by atoms with Crippen LogP contribution in [0.15, 0.2) is 0 Å². The smallest absolute Gasteiger partial charge is 0.150 e. The first-order valence-electron chi connectivity index (χ1n) is 5.59. The number of halogens is 2. The van der Waals surface area contributed by atoms with Crippen molar-refractivity contribution in [2.75, 3.05) is 0 Å². The van der Waals surface area contributed by atoms with Gasteiger partial charge >= 0.3 is 0 Å². The molecule has 1 aliphatic carbocycles. The Morgan fingerprint density at radius 3 is 1.46 bits per heavy atom. The maximum atomic E-state index is 6.08. The third kappa shape index (κ3) is 5.29. The standard InChI is InChI=1S/C10H20Cl2Si/c11-13(12)10-8-6-4-2-1-3-5-7-9-10/h10,13H,1-9H2. The summed E-state index contributed by atoms with van der Waals surface area (Å²) in [7, 11) is -1.39. The van der Waals surface area contributed by atoms with Crippen LogP contribution in [0.5, 0.6) is 0 Å². The van der Waals surface area contributed by atoms with E-state index in [1.165, 1.54) is 57.8 Å². The van der Waals surface area contributed by atoms with Crippen molar-refractivity contribution in [3.63, 3.8) is 0 Å². The predicted molar refractivity (Wildman–Crippen MR) is 64.2 cm³/mol. The highest BCUT2D eigenvalue weighted by molar-refractivity contribution is 7.34. The quantitative estimate of drug-likeness (QED) is 0.464. The van der Waals surface area contributed by atoms with E-state index in [0.29, 0.717) is 5.54 Å². The van der Waals surface area contributed by atoms with E-state index in [-0.39, 0.29) is 0 Å². The van der Waals surface area contributed by atoms with Crippen molar-refractivity contribution >= 4 is 29.6 Å². The molecule has 0 aromatic rings. The summed E-state index contributed by atoms with van der Waals surface area (Å²) >= 11 is 12.2. The Morgan fingerprint density at radius 2 is 1.08 bits per heavy atom. The van der Waals surface area contributed by atoms with Gasteiger partial charge in [0.15, 0.2) is 0 Å². The van der Waals surface area contributed by atoms with Crippen LogP contribution >= 0.6 is 22.2 Å². The second-order valence-electron chi connectivity index (χ2n) is 4.15. The molecule has 1 rings (SSSR count). The van der Waals surface area contributed by atoms with E-state index < -0.39 is 7.42 Å². The van der Waals surface area contributed by atoms with Gasteiger partial charge in [-0.2, -0.15) is 22.2 Å². The molecule has 0 unspecified atom stereocenters. The molecule has 0 amide bonds. The van der Waals surface area contributed by atoms with Crippen LogP contribution in [-0.4, -0.2) is 7.42 Å². The summed E-state index contributed by atoms with van der Waals surface area (Å²) in [6.07, 6.45) is 12.4. The minimum atomic E-state index is -1.39. The molecule has 0 bridgehead atoms. The fourth-order valence-corrected chi connectivity index (χ4v) is 4.58. The second-order valence-corrected chi connectivity index (χ2v) is 9.25. The van der Waals surface area contributed by atoms with Gasteiger partial charge in [0.2, 0.25) is 7.42 Å². The molecule has 1 fully saturated rings. The van der Waals surface area contributed by atoms with Crippen molar-refractivity contribution in [3.05, 3.63) is 0 Å². The molecule has 0 heterocycles. The highest BCUT2D eigenvalue weighted by Crippen LogP contribution is 2.31. The maximum Gasteiger partial charge on any atom is 0.240 e. The molecule has 0 aliphatic heterocycles. The van der Waals surface area contributed by atoms with Crippen molar-refractivity contribution in [2.45, 2.75) is 63.3 Å². The first-order chi connectivity index (χ1) is 6.30. The van der Waals surface area contributed by atoms with Gasteiger partial charge in [0, 0.05) is 0 Å². The molecular formula is C10H20Cl2Si. The van der Waals surface area contributed by atoms with Crippen LogP contribution in [-0.2, 0) is 0 Å². The highest BCUT2D eigenvalue weighted by Gasteiger charge is 2.18. The van der Waals surface area contributed by atoms with E-state index in [2.05, 4.69) is 0 Å². The topological polar surface area (TPSA) is 0 Å². The normalized spacial score (nSPS) is 23.3. The van der Waals surface area contributed by atoms with Gasteiger partial charge in [-0.15, -0.1) is 0 Å². The average Bonchev–Trinajstić information content (AvgIpc) is 2.14. The molecule has 0 spiro atoms. The summed E-state index contributed by atoms with van der Waals surface area (Å²) < 4.78 is 0. The summed E-state index contributed by atoms with van der Waals surface area (Å²) in [5.74, 6) is 0. The molecule has 3 heteroatoms. The molecule has 0 nitrogen and oxygen atoms in total. The van der Waals surface area contributed by atoms with Crippen LogP contribution in [0.2, 0.25) is 5.54 Å². The Balaban J connectivity index is 2.26. The van der Waals surface area contributed by atoms with Gasteiger partial charge in [0.25, 0.3) is 0 Å². The predicted octanol–water partition coefficient (Wildman–Crippen LogP) is 4.58. The molecule has 1 aliphatic rings. The maximum absolute atomic E-state index is 6.08. The summed E-state index contributed by atoms with van der Waals surface area (Å²) in [4.78, 5) is 0. The van der Waals surface area contributed by atoms with Crippen LogP contribution in [0, 0.1) is 0 Å². The summed E-state index contributed by atoms with van der Waals surface area (Å²) in [6.45, 7) is 0. The summed E-state index contributed by atoms with van der Waals surface area (Å²) in [5.41, 5.74) is 0.696. The fourth-order valence-electron chi connectivity index (χ4n) is 2.09. The minimum Gasteiger partial charge on any atom is -0.150 e. The first-order valence-corrected chi connectivity index (χ1v) is 9.74. The van der Waals surface area contributed by atoms with Crippen LogP contribution < -0.4 is 0 Å². The lowest BCUT2D eigenvalue weighted by atomic mass is 10.0. The Morgan fingerprint density at radius 1 is 0.692 bits per heavy atom. The van der Waals surface area contributed by atoms with Crippen molar-refractivity contribution in [3.8, 4) is 0 Å². The summed E-state index contributed by atoms with van der Waals surface area (Å²) in [5, 5.41) is 0. The number of rotatable bonds is 1. The first kappa shape index (κ1) is 11.9. The van der Waals surface area contributed by atoms with Crippen LogP contribution in [0.25, 0.3) is 0 Å². The largest absolute Gasteiger partial charge is 0.240 e. The van der Waals surface area contributed by atoms with E-state index in [0.717, 1.165) is 0 Å². The molecule has 0 atom stereocenters. The van der Waals surface area contributed by atoms with Gasteiger partial charge in [-0.3, -0.25) is 0 Å². The third-order valence-electron chi connectivity index (χ3n) is 3.01. The molecule has 0 saturated heterocycles. The van der Waals surface area contributed by atoms with Crippen molar-refractivity contribution in [1.82, 2.24) is 0 Å². The van der Waals surface area contributed by atoms with Crippen molar-refractivity contribution in [2.24, 2.45) is 0 Å². The summed E-state index contributed by atoms with van der Waals surface area (Å²) in [6, 6.07) is 0. The van der Waals surface area contributed by atoms with Gasteiger partial charge in [-0.05, 0) is 5.54 Å². The zero-order valence-electron chi connectivity index (χ0n) is 8.27. The molecule has 0 aromatic carbocycles. The minimum absolute atomic E-state index is 0.696. The lowest BCUT2D eigenvalue weighted by Gasteiger charge is -2.17. The van der Waals surface area contributed by atoms with Gasteiger partial charge < -0.3 is 0 Å². The van der Waals surface area contributed by atoms with Gasteiger partial charge in [0.1, 0.15) is 0 Å². The van der Waals surface area contributed by atoms with E-state index >= 15 is 0 Å². The monoisotopic (exact) mass is 238 g/mol. The molecule has 0 aromatic heterocycles. The Bertz CT molecular complexity index is 118. The van der Waals surface area contributed by atoms with Crippen LogP contribution in [0.1, 0.15) is 57.8 Å². The third-order valence-corrected chi connectivity index (χ3v) is 6.52. The zero-order chi connectivity index (χ0) is 9.52. The average molecular weight is 239 g/mol. The molecule has 0 radical (unpaired) electrons. The SMILES string of the molecule is Cl[SiH](Cl)C1CCCCCCCCC1. The lowest BCUT2D eigenvalue weighted by molar-refractivity contribution is 0.503. The molecular weight excluding hydrogens is 219 g/mol. The van der Waals surface area contributed by atoms with Crippen LogP contribution in [0.3, 0.4) is 0 Å². The Kier molecular flexibility index (Phi) is 6.52. The zero-order valence-corrected chi connectivity index (χ0v) is 10.9. The number of hydrogen-bond donors (Lipinski definition) is 0. The van der Waals surface area contributed by atoms with E-state index in [9.17, 15) is 0 Å². The Hall–Kier alpha value is 0.797. The van der Waals surface area contributed by atoms with E-state index in [1.54, 1.807) is 0 Å². The highest BCUT2D eigenvalue weighted by atomic mass is 35.7. The van der Waals surface area contributed by atoms with Crippen molar-refractivity contribution < 1.29 is 0 Å². The lowest BCUT2D eigenvalue weighted by Crippen LogP contribution is -2.08. The Labute approximate surface area is 93.0 Å². The fraction of sp³-hybridized carbons (Fsp3) is 1.00. The van der Waals surface area contributed by atoms with Gasteiger partial charge in [0.05, 0.1) is 0 Å². The second kappa shape index (κ2) is 7.14. The number of hydrogen-bond acceptors (Lipinski definition) is 0. The van der Waals surface area contributed by atoms with Crippen LogP contribution in [0.4, 0.5) is 0 Å². The van der Waals surface area contributed by atoms with E-state index in [1.807, 2.05) is 0 Å². The van der Waals surface area contributed by atoms with Crippen molar-refractivity contribution in [1.29, 1.82) is 0 Å².